The third-order valence-corrected chi connectivity index (χ3v) is 4.73. The molecule has 20 heavy (non-hydrogen) atoms. The highest BCUT2D eigenvalue weighted by Crippen LogP contribution is 2.44. The Hall–Kier alpha value is -0.905. The fourth-order valence-corrected chi connectivity index (χ4v) is 2.49. The third-order valence-electron chi connectivity index (χ3n) is 4.73. The second-order valence-electron chi connectivity index (χ2n) is 7.07. The highest BCUT2D eigenvalue weighted by molar-refractivity contribution is 6.62. The number of nitrogens with zero attached hydrogens (tertiary/aromatic N) is 1. The minimum atomic E-state index is -0.785. The number of aryl methyl sites for hydroxylation is 1. The van der Waals surface area contributed by atoms with Crippen LogP contribution in [0.2, 0.25) is 0 Å². The van der Waals surface area contributed by atoms with Crippen molar-refractivity contribution in [2.45, 2.75) is 64.3 Å². The number of aliphatic hydroxyl groups is 1. The predicted octanol–water partition coefficient (Wildman–Crippen LogP) is 1.67. The van der Waals surface area contributed by atoms with Crippen LogP contribution >= 0.6 is 0 Å². The highest BCUT2D eigenvalue weighted by Gasteiger charge is 2.55. The lowest BCUT2D eigenvalue weighted by Gasteiger charge is -2.32. The van der Waals surface area contributed by atoms with Gasteiger partial charge in [0.15, 0.2) is 0 Å². The van der Waals surface area contributed by atoms with Gasteiger partial charge in [0.25, 0.3) is 0 Å². The maximum Gasteiger partial charge on any atom is 0.496 e. The van der Waals surface area contributed by atoms with Gasteiger partial charge in [-0.2, -0.15) is 0 Å². The lowest BCUT2D eigenvalue weighted by atomic mass is 9.75. The fourth-order valence-electron chi connectivity index (χ4n) is 2.49. The summed E-state index contributed by atoms with van der Waals surface area (Å²) < 4.78 is 12.2. The summed E-state index contributed by atoms with van der Waals surface area (Å²) in [6.45, 7) is 10.1. The van der Waals surface area contributed by atoms with Crippen LogP contribution in [0.4, 0.5) is 0 Å². The Balaban J connectivity index is 2.01. The zero-order chi connectivity index (χ0) is 14.8. The zero-order valence-corrected chi connectivity index (χ0v) is 12.9. The summed E-state index contributed by atoms with van der Waals surface area (Å²) >= 11 is 0. The molecule has 1 saturated carbocycles. The first-order valence-corrected chi connectivity index (χ1v) is 7.20. The summed E-state index contributed by atoms with van der Waals surface area (Å²) in [5.41, 5.74) is 1.07. The van der Waals surface area contributed by atoms with Crippen molar-refractivity contribution in [2.24, 2.45) is 0 Å². The van der Waals surface area contributed by atoms with Gasteiger partial charge in [-0.25, -0.2) is 0 Å². The van der Waals surface area contributed by atoms with Crippen LogP contribution in [-0.4, -0.2) is 28.4 Å². The molecule has 0 radical (unpaired) electrons. The summed E-state index contributed by atoms with van der Waals surface area (Å²) in [5.74, 6) is 0. The van der Waals surface area contributed by atoms with Gasteiger partial charge in [-0.15, -0.1) is 0 Å². The van der Waals surface area contributed by atoms with E-state index in [9.17, 15) is 5.11 Å². The molecule has 0 amide bonds. The molecule has 1 saturated heterocycles. The average molecular weight is 275 g/mol. The maximum absolute atomic E-state index is 10.4. The van der Waals surface area contributed by atoms with Crippen LogP contribution in [0.5, 0.6) is 0 Å². The van der Waals surface area contributed by atoms with E-state index in [2.05, 4.69) is 4.98 Å². The van der Waals surface area contributed by atoms with Crippen LogP contribution in [0.1, 0.15) is 51.8 Å². The van der Waals surface area contributed by atoms with Crippen molar-refractivity contribution in [3.05, 3.63) is 23.5 Å². The smallest absolute Gasteiger partial charge is 0.399 e. The molecule has 4 nitrogen and oxygen atoms in total. The molecule has 0 spiro atoms. The van der Waals surface area contributed by atoms with Crippen molar-refractivity contribution < 1.29 is 14.4 Å². The largest absolute Gasteiger partial charge is 0.496 e. The molecular formula is C15H22BNO3. The van der Waals surface area contributed by atoms with Crippen molar-refractivity contribution in [1.82, 2.24) is 4.98 Å². The molecule has 1 N–H and O–H groups in total. The van der Waals surface area contributed by atoms with Gasteiger partial charge in [-0.1, -0.05) is 6.07 Å². The Morgan fingerprint density at radius 2 is 1.70 bits per heavy atom. The van der Waals surface area contributed by atoms with E-state index in [0.29, 0.717) is 5.69 Å². The first kappa shape index (κ1) is 14.0. The van der Waals surface area contributed by atoms with E-state index in [4.69, 9.17) is 9.31 Å². The normalized spacial score (nSPS) is 25.8. The Morgan fingerprint density at radius 3 is 2.20 bits per heavy atom. The van der Waals surface area contributed by atoms with Crippen LogP contribution < -0.4 is 5.46 Å². The first-order valence-electron chi connectivity index (χ1n) is 7.20. The van der Waals surface area contributed by atoms with Crippen LogP contribution in [0.3, 0.4) is 0 Å². The molecule has 3 rings (SSSR count). The predicted molar refractivity (Wildman–Crippen MR) is 77.8 cm³/mol. The van der Waals surface area contributed by atoms with Gasteiger partial charge in [0.1, 0.15) is 5.60 Å². The Morgan fingerprint density at radius 1 is 1.15 bits per heavy atom. The van der Waals surface area contributed by atoms with Crippen LogP contribution in [-0.2, 0) is 14.9 Å². The lowest BCUT2D eigenvalue weighted by Crippen LogP contribution is -2.41. The Labute approximate surface area is 120 Å². The number of pyridine rings is 1. The van der Waals surface area contributed by atoms with Crippen molar-refractivity contribution in [3.63, 3.8) is 0 Å². The van der Waals surface area contributed by atoms with E-state index >= 15 is 0 Å². The van der Waals surface area contributed by atoms with Crippen LogP contribution in [0.25, 0.3) is 0 Å². The van der Waals surface area contributed by atoms with Crippen molar-refractivity contribution in [3.8, 4) is 0 Å². The molecule has 0 atom stereocenters. The molecule has 2 fully saturated rings. The van der Waals surface area contributed by atoms with Gasteiger partial charge in [0, 0.05) is 11.7 Å². The van der Waals surface area contributed by atoms with Gasteiger partial charge in [-0.05, 0) is 53.0 Å². The van der Waals surface area contributed by atoms with Gasteiger partial charge in [0.2, 0.25) is 0 Å². The molecule has 2 heterocycles. The standard InChI is InChI=1S/C15H22BNO3/c1-10-8-11(12(17-9-10)15(18)6-7-15)16-19-13(2,3)14(4,5)20-16/h8-9,18H,6-7H2,1-5H3. The summed E-state index contributed by atoms with van der Waals surface area (Å²) in [5, 5.41) is 10.4. The molecule has 1 aromatic rings. The third kappa shape index (κ3) is 2.08. The lowest BCUT2D eigenvalue weighted by molar-refractivity contribution is 0.00578. The van der Waals surface area contributed by atoms with Gasteiger partial charge < -0.3 is 14.4 Å². The van der Waals surface area contributed by atoms with Gasteiger partial charge in [-0.3, -0.25) is 4.98 Å². The minimum Gasteiger partial charge on any atom is -0.399 e. The Bertz CT molecular complexity index is 536. The zero-order valence-electron chi connectivity index (χ0n) is 12.9. The second kappa shape index (κ2) is 4.06. The minimum absolute atomic E-state index is 0.384. The fraction of sp³-hybridized carbons (Fsp3) is 0.667. The summed E-state index contributed by atoms with van der Waals surface area (Å²) in [6.07, 6.45) is 3.31. The molecule has 0 aromatic carbocycles. The summed E-state index contributed by atoms with van der Waals surface area (Å²) in [7, 11) is -0.466. The van der Waals surface area contributed by atoms with E-state index in [-0.39, 0.29) is 11.2 Å². The van der Waals surface area contributed by atoms with Crippen molar-refractivity contribution in [2.75, 3.05) is 0 Å². The molecule has 2 aliphatic rings. The quantitative estimate of drug-likeness (QED) is 0.834. The highest BCUT2D eigenvalue weighted by atomic mass is 16.7. The Kier molecular flexibility index (Phi) is 2.85. The molecule has 1 aromatic heterocycles. The maximum atomic E-state index is 10.4. The SMILES string of the molecule is Cc1cnc(C2(O)CC2)c(B2OC(C)(C)C(C)(C)O2)c1. The van der Waals surface area contributed by atoms with E-state index in [1.54, 1.807) is 6.20 Å². The second-order valence-corrected chi connectivity index (χ2v) is 7.07. The molecule has 1 aliphatic heterocycles. The molecule has 0 bridgehead atoms. The van der Waals surface area contributed by atoms with E-state index in [0.717, 1.165) is 23.9 Å². The topological polar surface area (TPSA) is 51.6 Å². The first-order chi connectivity index (χ1) is 9.15. The van der Waals surface area contributed by atoms with Crippen molar-refractivity contribution in [1.29, 1.82) is 0 Å². The van der Waals surface area contributed by atoms with Crippen molar-refractivity contribution >= 4 is 12.6 Å². The monoisotopic (exact) mass is 275 g/mol. The molecule has 108 valence electrons. The van der Waals surface area contributed by atoms with E-state index in [1.165, 1.54) is 0 Å². The number of aromatic nitrogens is 1. The summed E-state index contributed by atoms with van der Waals surface area (Å²) in [4.78, 5) is 4.44. The molecule has 0 unspecified atom stereocenters. The number of rotatable bonds is 2. The van der Waals surface area contributed by atoms with Gasteiger partial charge in [0.05, 0.1) is 16.9 Å². The average Bonchev–Trinajstić information content (AvgIpc) is 3.01. The van der Waals surface area contributed by atoms with E-state index in [1.807, 2.05) is 40.7 Å². The number of hydrogen-bond donors (Lipinski definition) is 1. The molecular weight excluding hydrogens is 253 g/mol. The van der Waals surface area contributed by atoms with E-state index < -0.39 is 12.7 Å². The summed E-state index contributed by atoms with van der Waals surface area (Å²) in [6, 6.07) is 2.01. The number of hydrogen-bond acceptors (Lipinski definition) is 4. The molecule has 5 heteroatoms. The molecule has 1 aliphatic carbocycles. The van der Waals surface area contributed by atoms with Gasteiger partial charge >= 0.3 is 7.12 Å². The van der Waals surface area contributed by atoms with Crippen LogP contribution in [0.15, 0.2) is 12.3 Å². The van der Waals surface area contributed by atoms with Crippen LogP contribution in [0, 0.1) is 6.92 Å².